The lowest BCUT2D eigenvalue weighted by molar-refractivity contribution is 0.0938. The Morgan fingerprint density at radius 3 is 2.91 bits per heavy atom. The number of fused-ring (bicyclic) bond motifs is 1. The maximum absolute atomic E-state index is 11.9. The lowest BCUT2D eigenvalue weighted by Gasteiger charge is -2.23. The minimum absolute atomic E-state index is 0.00289. The normalized spacial score (nSPS) is 23.9. The first kappa shape index (κ1) is 15.1. The van der Waals surface area contributed by atoms with Gasteiger partial charge in [0, 0.05) is 24.8 Å². The van der Waals surface area contributed by atoms with Crippen molar-refractivity contribution in [3.63, 3.8) is 0 Å². The molecule has 0 saturated carbocycles. The number of rotatable bonds is 4. The quantitative estimate of drug-likeness (QED) is 0.784. The predicted molar refractivity (Wildman–Crippen MR) is 85.7 cm³/mol. The molecule has 1 aliphatic carbocycles. The zero-order valence-electron chi connectivity index (χ0n) is 12.5. The summed E-state index contributed by atoms with van der Waals surface area (Å²) in [6.07, 6.45) is 4.96. The summed E-state index contributed by atoms with van der Waals surface area (Å²) >= 11 is 1.56. The van der Waals surface area contributed by atoms with E-state index in [0.29, 0.717) is 5.56 Å². The number of hydrogen-bond donors (Lipinski definition) is 3. The van der Waals surface area contributed by atoms with Gasteiger partial charge in [-0.1, -0.05) is 6.08 Å². The molecule has 1 aromatic rings. The number of ether oxygens (including phenoxy) is 2. The Morgan fingerprint density at radius 1 is 1.36 bits per heavy atom. The molecule has 1 amide bonds. The van der Waals surface area contributed by atoms with Gasteiger partial charge in [-0.3, -0.25) is 10.5 Å². The molecule has 1 aromatic heterocycles. The van der Waals surface area contributed by atoms with Gasteiger partial charge in [-0.15, -0.1) is 11.3 Å². The lowest BCUT2D eigenvalue weighted by Crippen LogP contribution is -2.50. The molecule has 1 aliphatic heterocycles. The molecule has 0 radical (unpaired) electrons. The maximum Gasteiger partial charge on any atom is 0.256 e. The van der Waals surface area contributed by atoms with E-state index in [9.17, 15) is 4.79 Å². The zero-order valence-corrected chi connectivity index (χ0v) is 13.3. The highest BCUT2D eigenvalue weighted by Gasteiger charge is 2.26. The van der Waals surface area contributed by atoms with E-state index < -0.39 is 6.29 Å². The summed E-state index contributed by atoms with van der Waals surface area (Å²) in [6.45, 7) is 0. The lowest BCUT2D eigenvalue weighted by atomic mass is 9.96. The smallest absolute Gasteiger partial charge is 0.256 e. The fourth-order valence-electron chi connectivity index (χ4n) is 2.65. The zero-order chi connectivity index (χ0) is 15.7. The van der Waals surface area contributed by atoms with Crippen molar-refractivity contribution in [2.45, 2.75) is 25.2 Å². The third-order valence-electron chi connectivity index (χ3n) is 3.81. The molecule has 4 N–H and O–H groups in total. The Labute approximate surface area is 133 Å². The van der Waals surface area contributed by atoms with Gasteiger partial charge < -0.3 is 20.1 Å². The van der Waals surface area contributed by atoms with Crippen LogP contribution >= 0.6 is 11.3 Å². The third kappa shape index (κ3) is 2.87. The molecule has 22 heavy (non-hydrogen) atoms. The van der Waals surface area contributed by atoms with E-state index in [4.69, 9.17) is 15.2 Å². The summed E-state index contributed by atoms with van der Waals surface area (Å²) in [5, 5.41) is 6.55. The molecular weight excluding hydrogens is 302 g/mol. The minimum Gasteiger partial charge on any atom is -0.501 e. The average molecular weight is 321 g/mol. The molecule has 0 saturated heterocycles. The van der Waals surface area contributed by atoms with E-state index in [1.54, 1.807) is 25.6 Å². The standard InChI is InChI=1S/C15H19N3O3S/c1-20-9-4-3-8(12(6-9)21-2)5-10-7-11-13(19)17-15(16)18-14(11)22-10/h3-4,7,12,15,18H,5-6,16H2,1-2H3,(H,17,19). The van der Waals surface area contributed by atoms with Crippen LogP contribution < -0.4 is 16.4 Å². The maximum atomic E-state index is 11.9. The Hall–Kier alpha value is -1.83. The average Bonchev–Trinajstić information content (AvgIpc) is 2.90. The molecule has 0 bridgehead atoms. The molecule has 2 atom stereocenters. The van der Waals surface area contributed by atoms with Crippen molar-refractivity contribution < 1.29 is 14.3 Å². The number of nitrogens with one attached hydrogen (secondary N) is 2. The van der Waals surface area contributed by atoms with Gasteiger partial charge in [0.05, 0.1) is 24.5 Å². The summed E-state index contributed by atoms with van der Waals surface area (Å²) < 4.78 is 10.8. The Kier molecular flexibility index (Phi) is 4.19. The van der Waals surface area contributed by atoms with E-state index in [1.807, 2.05) is 18.2 Å². The number of allylic oxidation sites excluding steroid dienone is 2. The van der Waals surface area contributed by atoms with Gasteiger partial charge in [0.25, 0.3) is 5.91 Å². The molecule has 0 aromatic carbocycles. The second-order valence-electron chi connectivity index (χ2n) is 5.23. The fraction of sp³-hybridized carbons (Fsp3) is 0.400. The van der Waals surface area contributed by atoms with Crippen molar-refractivity contribution >= 4 is 22.2 Å². The second-order valence-corrected chi connectivity index (χ2v) is 6.37. The van der Waals surface area contributed by atoms with Crippen LogP contribution in [0.2, 0.25) is 0 Å². The number of carbonyl (C=O) groups excluding carboxylic acids is 1. The van der Waals surface area contributed by atoms with Crippen LogP contribution in [0.15, 0.2) is 29.6 Å². The first-order valence-electron chi connectivity index (χ1n) is 7.02. The van der Waals surface area contributed by atoms with Crippen molar-refractivity contribution in [3.05, 3.63) is 40.0 Å². The van der Waals surface area contributed by atoms with Gasteiger partial charge in [0.15, 0.2) is 6.29 Å². The van der Waals surface area contributed by atoms with Gasteiger partial charge in [-0.2, -0.15) is 0 Å². The molecule has 3 rings (SSSR count). The van der Waals surface area contributed by atoms with E-state index in [-0.39, 0.29) is 12.0 Å². The van der Waals surface area contributed by atoms with Crippen LogP contribution in [0.1, 0.15) is 21.7 Å². The molecule has 118 valence electrons. The Bertz CT molecular complexity index is 650. The van der Waals surface area contributed by atoms with Gasteiger partial charge >= 0.3 is 0 Å². The number of methoxy groups -OCH3 is 2. The van der Waals surface area contributed by atoms with Gasteiger partial charge in [0.2, 0.25) is 0 Å². The summed E-state index contributed by atoms with van der Waals surface area (Å²) in [4.78, 5) is 13.0. The number of carbonyl (C=O) groups is 1. The topological polar surface area (TPSA) is 85.6 Å². The van der Waals surface area contributed by atoms with Gasteiger partial charge in [-0.05, 0) is 17.7 Å². The van der Waals surface area contributed by atoms with Gasteiger partial charge in [0.1, 0.15) is 5.00 Å². The summed E-state index contributed by atoms with van der Waals surface area (Å²) in [6, 6.07) is 1.91. The Balaban J connectivity index is 1.82. The summed E-state index contributed by atoms with van der Waals surface area (Å²) in [5.74, 6) is 0.777. The molecule has 7 heteroatoms. The first-order chi connectivity index (χ1) is 10.6. The molecule has 0 fully saturated rings. The molecule has 6 nitrogen and oxygen atoms in total. The molecule has 2 aliphatic rings. The third-order valence-corrected chi connectivity index (χ3v) is 4.88. The fourth-order valence-corrected chi connectivity index (χ4v) is 3.78. The van der Waals surface area contributed by atoms with Crippen LogP contribution in [-0.4, -0.2) is 32.5 Å². The van der Waals surface area contributed by atoms with Crippen LogP contribution in [-0.2, 0) is 15.9 Å². The molecule has 2 unspecified atom stereocenters. The van der Waals surface area contributed by atoms with Crippen molar-refractivity contribution in [1.82, 2.24) is 5.32 Å². The van der Waals surface area contributed by atoms with Crippen molar-refractivity contribution in [1.29, 1.82) is 0 Å². The van der Waals surface area contributed by atoms with Crippen molar-refractivity contribution in [3.8, 4) is 0 Å². The monoisotopic (exact) mass is 321 g/mol. The highest BCUT2D eigenvalue weighted by Crippen LogP contribution is 2.33. The van der Waals surface area contributed by atoms with Crippen LogP contribution in [0.3, 0.4) is 0 Å². The highest BCUT2D eigenvalue weighted by molar-refractivity contribution is 7.16. The number of hydrogen-bond acceptors (Lipinski definition) is 6. The Morgan fingerprint density at radius 2 is 2.18 bits per heavy atom. The summed E-state index contributed by atoms with van der Waals surface area (Å²) in [5.41, 5.74) is 7.54. The van der Waals surface area contributed by atoms with Gasteiger partial charge in [-0.25, -0.2) is 0 Å². The largest absolute Gasteiger partial charge is 0.501 e. The molecular formula is C15H19N3O3S. The van der Waals surface area contributed by atoms with E-state index in [0.717, 1.165) is 28.5 Å². The summed E-state index contributed by atoms with van der Waals surface area (Å²) in [7, 11) is 3.36. The minimum atomic E-state index is -0.528. The number of anilines is 1. The van der Waals surface area contributed by atoms with Crippen molar-refractivity contribution in [2.75, 3.05) is 19.5 Å². The van der Waals surface area contributed by atoms with Crippen LogP contribution in [0.4, 0.5) is 5.00 Å². The first-order valence-corrected chi connectivity index (χ1v) is 7.84. The molecule has 0 spiro atoms. The van der Waals surface area contributed by atoms with Crippen LogP contribution in [0.5, 0.6) is 0 Å². The highest BCUT2D eigenvalue weighted by atomic mass is 32.1. The predicted octanol–water partition coefficient (Wildman–Crippen LogP) is 1.56. The van der Waals surface area contributed by atoms with Crippen molar-refractivity contribution in [2.24, 2.45) is 5.73 Å². The second kappa shape index (κ2) is 6.12. The SMILES string of the molecule is COC1=CC=C(Cc2cc3c(s2)NC(N)NC3=O)C(OC)C1. The van der Waals surface area contributed by atoms with E-state index >= 15 is 0 Å². The van der Waals surface area contributed by atoms with E-state index in [2.05, 4.69) is 10.6 Å². The number of nitrogens with two attached hydrogens (primary N) is 1. The molecule has 2 heterocycles. The number of thiophene rings is 1. The van der Waals surface area contributed by atoms with E-state index in [1.165, 1.54) is 5.57 Å². The van der Waals surface area contributed by atoms with Crippen LogP contribution in [0.25, 0.3) is 0 Å². The van der Waals surface area contributed by atoms with Crippen LogP contribution in [0, 0.1) is 0 Å². The number of amides is 1.